The molecule has 0 amide bonds. The molecule has 0 saturated carbocycles. The molecule has 2 aromatic carbocycles. The number of nitrogens with zero attached hydrogens (tertiary/aromatic N) is 3. The van der Waals surface area contributed by atoms with Crippen LogP contribution in [0.3, 0.4) is 0 Å². The standard InChI is InChI=1S/C25H30FN3O8/c1-32-18-8-6-16(20(10-18)34-3)13-29(14-17-7-9-19(33-2)11-21(17)35-4)24-27-12-22(23(28-24)36-5)37-25(30,31)15-26/h6-12,30-31H,13-15H2,1-5H3. The van der Waals surface area contributed by atoms with Crippen molar-refractivity contribution in [3.05, 3.63) is 53.7 Å². The second kappa shape index (κ2) is 12.3. The van der Waals surface area contributed by atoms with Crippen molar-refractivity contribution in [1.82, 2.24) is 9.97 Å². The maximum absolute atomic E-state index is 12.9. The van der Waals surface area contributed by atoms with Crippen LogP contribution >= 0.6 is 0 Å². The molecule has 37 heavy (non-hydrogen) atoms. The first-order chi connectivity index (χ1) is 17.8. The molecule has 0 aliphatic carbocycles. The van der Waals surface area contributed by atoms with E-state index in [1.165, 1.54) is 13.3 Å². The Labute approximate surface area is 213 Å². The zero-order valence-electron chi connectivity index (χ0n) is 21.2. The van der Waals surface area contributed by atoms with Crippen molar-refractivity contribution in [2.75, 3.05) is 47.1 Å². The van der Waals surface area contributed by atoms with Gasteiger partial charge in [0.25, 0.3) is 5.88 Å². The van der Waals surface area contributed by atoms with Crippen LogP contribution < -0.4 is 33.3 Å². The van der Waals surface area contributed by atoms with Gasteiger partial charge in [-0.1, -0.05) is 0 Å². The van der Waals surface area contributed by atoms with Gasteiger partial charge in [-0.2, -0.15) is 4.98 Å². The SMILES string of the molecule is COc1ccc(CN(Cc2ccc(OC)cc2OC)c2ncc(OC(O)(O)CF)c(OC)n2)c(OC)c1. The van der Waals surface area contributed by atoms with E-state index in [1.54, 1.807) is 52.7 Å². The van der Waals surface area contributed by atoms with E-state index in [-0.39, 0.29) is 17.6 Å². The molecule has 3 aromatic rings. The molecule has 0 spiro atoms. The van der Waals surface area contributed by atoms with E-state index in [4.69, 9.17) is 28.4 Å². The minimum atomic E-state index is -3.05. The summed E-state index contributed by atoms with van der Waals surface area (Å²) >= 11 is 0. The third-order valence-electron chi connectivity index (χ3n) is 5.34. The summed E-state index contributed by atoms with van der Waals surface area (Å²) < 4.78 is 44.7. The topological polar surface area (TPSA) is 125 Å². The number of alkyl halides is 1. The Kier molecular flexibility index (Phi) is 9.15. The molecular formula is C25H30FN3O8. The molecule has 0 atom stereocenters. The summed E-state index contributed by atoms with van der Waals surface area (Å²) in [6.07, 6.45) is 1.17. The van der Waals surface area contributed by atoms with Crippen molar-refractivity contribution in [1.29, 1.82) is 0 Å². The zero-order valence-corrected chi connectivity index (χ0v) is 21.2. The second-order valence-corrected chi connectivity index (χ2v) is 7.73. The molecule has 2 N–H and O–H groups in total. The minimum absolute atomic E-state index is 0.126. The lowest BCUT2D eigenvalue weighted by Gasteiger charge is -2.26. The molecule has 200 valence electrons. The molecule has 0 fully saturated rings. The van der Waals surface area contributed by atoms with Crippen LogP contribution in [0, 0.1) is 0 Å². The Bertz CT molecular complexity index is 1140. The number of anilines is 1. The van der Waals surface area contributed by atoms with Gasteiger partial charge in [0, 0.05) is 36.3 Å². The van der Waals surface area contributed by atoms with Crippen LogP contribution in [0.2, 0.25) is 0 Å². The van der Waals surface area contributed by atoms with Crippen LogP contribution in [-0.4, -0.2) is 68.4 Å². The van der Waals surface area contributed by atoms with Crippen molar-refractivity contribution in [2.24, 2.45) is 0 Å². The largest absolute Gasteiger partial charge is 0.497 e. The van der Waals surface area contributed by atoms with Gasteiger partial charge < -0.3 is 43.5 Å². The average molecular weight is 520 g/mol. The molecule has 0 unspecified atom stereocenters. The molecule has 3 rings (SSSR count). The normalized spacial score (nSPS) is 11.0. The molecule has 0 radical (unpaired) electrons. The predicted molar refractivity (Wildman–Crippen MR) is 131 cm³/mol. The first-order valence-corrected chi connectivity index (χ1v) is 11.0. The summed E-state index contributed by atoms with van der Waals surface area (Å²) in [5.41, 5.74) is 1.61. The van der Waals surface area contributed by atoms with Crippen molar-refractivity contribution in [3.8, 4) is 34.6 Å². The highest BCUT2D eigenvalue weighted by atomic mass is 19.1. The van der Waals surface area contributed by atoms with Crippen LogP contribution in [0.15, 0.2) is 42.6 Å². The fourth-order valence-corrected chi connectivity index (χ4v) is 3.49. The fourth-order valence-electron chi connectivity index (χ4n) is 3.49. The van der Waals surface area contributed by atoms with E-state index in [9.17, 15) is 14.6 Å². The lowest BCUT2D eigenvalue weighted by molar-refractivity contribution is -0.298. The molecule has 11 nitrogen and oxygen atoms in total. The van der Waals surface area contributed by atoms with Crippen molar-refractivity contribution in [3.63, 3.8) is 0 Å². The molecule has 0 bridgehead atoms. The van der Waals surface area contributed by atoms with Crippen molar-refractivity contribution in [2.45, 2.75) is 19.1 Å². The van der Waals surface area contributed by atoms with Gasteiger partial charge in [-0.3, -0.25) is 0 Å². The number of hydrogen-bond acceptors (Lipinski definition) is 11. The Balaban J connectivity index is 2.05. The Morgan fingerprint density at radius 1 is 0.784 bits per heavy atom. The van der Waals surface area contributed by atoms with E-state index in [0.29, 0.717) is 36.1 Å². The van der Waals surface area contributed by atoms with E-state index in [2.05, 4.69) is 9.97 Å². The zero-order chi connectivity index (χ0) is 27.0. The first-order valence-electron chi connectivity index (χ1n) is 11.0. The Hall–Kier alpha value is -4.03. The molecule has 1 heterocycles. The minimum Gasteiger partial charge on any atom is -0.497 e. The summed E-state index contributed by atoms with van der Waals surface area (Å²) in [7, 11) is 7.56. The number of halogens is 1. The van der Waals surface area contributed by atoms with E-state index in [1.807, 2.05) is 17.0 Å². The summed E-state index contributed by atoms with van der Waals surface area (Å²) in [6.45, 7) is -0.987. The van der Waals surface area contributed by atoms with Gasteiger partial charge in [-0.05, 0) is 24.3 Å². The van der Waals surface area contributed by atoms with Gasteiger partial charge in [-0.15, -0.1) is 0 Å². The van der Waals surface area contributed by atoms with Gasteiger partial charge in [0.15, 0.2) is 6.67 Å². The smallest absolute Gasteiger partial charge is 0.352 e. The highest BCUT2D eigenvalue weighted by Crippen LogP contribution is 2.33. The van der Waals surface area contributed by atoms with Crippen LogP contribution in [0.4, 0.5) is 10.3 Å². The number of rotatable bonds is 13. The highest BCUT2D eigenvalue weighted by Gasteiger charge is 2.29. The first kappa shape index (κ1) is 27.6. The summed E-state index contributed by atoms with van der Waals surface area (Å²) in [6, 6.07) is 10.9. The average Bonchev–Trinajstić information content (AvgIpc) is 2.92. The second-order valence-electron chi connectivity index (χ2n) is 7.73. The molecule has 12 heteroatoms. The van der Waals surface area contributed by atoms with Gasteiger partial charge in [-0.25, -0.2) is 9.37 Å². The molecule has 0 aliphatic heterocycles. The Morgan fingerprint density at radius 3 is 1.76 bits per heavy atom. The molecular weight excluding hydrogens is 489 g/mol. The third kappa shape index (κ3) is 6.80. The lowest BCUT2D eigenvalue weighted by atomic mass is 10.1. The monoisotopic (exact) mass is 519 g/mol. The van der Waals surface area contributed by atoms with E-state index >= 15 is 0 Å². The number of aromatic nitrogens is 2. The van der Waals surface area contributed by atoms with E-state index < -0.39 is 12.6 Å². The number of methoxy groups -OCH3 is 5. The maximum atomic E-state index is 12.9. The highest BCUT2D eigenvalue weighted by molar-refractivity contribution is 5.48. The fraction of sp³-hybridized carbons (Fsp3) is 0.360. The summed E-state index contributed by atoms with van der Waals surface area (Å²) in [5.74, 6) is -0.776. The maximum Gasteiger partial charge on any atom is 0.352 e. The van der Waals surface area contributed by atoms with Crippen LogP contribution in [0.5, 0.6) is 34.6 Å². The Morgan fingerprint density at radius 2 is 1.32 bits per heavy atom. The lowest BCUT2D eigenvalue weighted by Crippen LogP contribution is -2.38. The predicted octanol–water partition coefficient (Wildman–Crippen LogP) is 2.71. The van der Waals surface area contributed by atoms with Gasteiger partial charge >= 0.3 is 5.97 Å². The quantitative estimate of drug-likeness (QED) is 0.324. The number of aliphatic hydroxyl groups is 2. The number of ether oxygens (including phenoxy) is 6. The van der Waals surface area contributed by atoms with Gasteiger partial charge in [0.1, 0.15) is 23.0 Å². The van der Waals surface area contributed by atoms with Crippen LogP contribution in [-0.2, 0) is 13.1 Å². The summed E-state index contributed by atoms with van der Waals surface area (Å²) in [4.78, 5) is 10.5. The third-order valence-corrected chi connectivity index (χ3v) is 5.34. The summed E-state index contributed by atoms with van der Waals surface area (Å²) in [5, 5.41) is 19.1. The van der Waals surface area contributed by atoms with Crippen LogP contribution in [0.1, 0.15) is 11.1 Å². The van der Waals surface area contributed by atoms with Gasteiger partial charge in [0.05, 0.1) is 41.7 Å². The van der Waals surface area contributed by atoms with Crippen molar-refractivity contribution >= 4 is 5.95 Å². The van der Waals surface area contributed by atoms with Gasteiger partial charge in [0.2, 0.25) is 11.7 Å². The number of hydrogen-bond donors (Lipinski definition) is 2. The van der Waals surface area contributed by atoms with Crippen LogP contribution in [0.25, 0.3) is 0 Å². The van der Waals surface area contributed by atoms with Crippen molar-refractivity contribution < 1.29 is 43.0 Å². The van der Waals surface area contributed by atoms with E-state index in [0.717, 1.165) is 11.1 Å². The number of benzene rings is 2. The molecule has 0 aliphatic rings. The molecule has 0 saturated heterocycles. The molecule has 1 aromatic heterocycles.